The molecule has 0 fully saturated rings. The molecular formula is C23H21F3N6O2. The lowest BCUT2D eigenvalue weighted by Crippen LogP contribution is -2.32. The van der Waals surface area contributed by atoms with Crippen molar-refractivity contribution in [3.8, 4) is 0 Å². The maximum atomic E-state index is 13.3. The van der Waals surface area contributed by atoms with Gasteiger partial charge in [0.1, 0.15) is 12.1 Å². The molecule has 0 saturated heterocycles. The van der Waals surface area contributed by atoms with E-state index in [0.717, 1.165) is 48.5 Å². The van der Waals surface area contributed by atoms with Gasteiger partial charge in [-0.3, -0.25) is 14.2 Å². The van der Waals surface area contributed by atoms with Crippen LogP contribution in [-0.2, 0) is 18.4 Å². The van der Waals surface area contributed by atoms with Crippen molar-refractivity contribution in [3.63, 3.8) is 0 Å². The summed E-state index contributed by atoms with van der Waals surface area (Å²) in [6, 6.07) is 6.51. The average molecular weight is 470 g/mol. The number of hydrogen-bond acceptors (Lipinski definition) is 6. The number of nitrogens with one attached hydrogen (secondary N) is 1. The zero-order valence-electron chi connectivity index (χ0n) is 18.2. The number of alkyl halides is 3. The van der Waals surface area contributed by atoms with Gasteiger partial charge in [-0.15, -0.1) is 0 Å². The molecular weight excluding hydrogens is 449 g/mol. The summed E-state index contributed by atoms with van der Waals surface area (Å²) in [7, 11) is 0. The number of carbonyl (C=O) groups is 1. The van der Waals surface area contributed by atoms with E-state index in [-0.39, 0.29) is 11.6 Å². The van der Waals surface area contributed by atoms with Gasteiger partial charge in [0.05, 0.1) is 24.6 Å². The molecule has 3 aromatic heterocycles. The molecule has 0 aliphatic carbocycles. The third-order valence-corrected chi connectivity index (χ3v) is 6.16. The van der Waals surface area contributed by atoms with Crippen molar-refractivity contribution in [2.24, 2.45) is 0 Å². The molecule has 176 valence electrons. The molecule has 1 aromatic carbocycles. The Morgan fingerprint density at radius 3 is 2.94 bits per heavy atom. The second-order valence-electron chi connectivity index (χ2n) is 8.45. The van der Waals surface area contributed by atoms with Crippen LogP contribution in [0.15, 0.2) is 53.6 Å². The highest BCUT2D eigenvalue weighted by Gasteiger charge is 2.41. The van der Waals surface area contributed by atoms with Gasteiger partial charge in [-0.2, -0.15) is 0 Å². The zero-order chi connectivity index (χ0) is 23.9. The van der Waals surface area contributed by atoms with Crippen LogP contribution in [0.1, 0.15) is 34.3 Å². The lowest BCUT2D eigenvalue weighted by atomic mass is 9.90. The summed E-state index contributed by atoms with van der Waals surface area (Å²) in [6.45, 7) is 1.11. The van der Waals surface area contributed by atoms with Crippen molar-refractivity contribution in [2.75, 3.05) is 23.4 Å². The van der Waals surface area contributed by atoms with Crippen LogP contribution in [0, 0.1) is 0 Å². The van der Waals surface area contributed by atoms with Crippen LogP contribution in [0.2, 0.25) is 0 Å². The van der Waals surface area contributed by atoms with Gasteiger partial charge >= 0.3 is 0 Å². The summed E-state index contributed by atoms with van der Waals surface area (Å²) in [5.74, 6) is -0.866. The predicted octanol–water partition coefficient (Wildman–Crippen LogP) is 4.02. The predicted molar refractivity (Wildman–Crippen MR) is 118 cm³/mol. The molecule has 0 bridgehead atoms. The Kier molecular flexibility index (Phi) is 5.46. The van der Waals surface area contributed by atoms with E-state index in [0.29, 0.717) is 12.1 Å². The minimum absolute atomic E-state index is 0.0583. The van der Waals surface area contributed by atoms with Crippen molar-refractivity contribution in [2.45, 2.75) is 31.7 Å². The zero-order valence-corrected chi connectivity index (χ0v) is 18.2. The van der Waals surface area contributed by atoms with Crippen molar-refractivity contribution in [3.05, 3.63) is 71.6 Å². The Hall–Kier alpha value is -3.89. The van der Waals surface area contributed by atoms with Gasteiger partial charge in [-0.25, -0.2) is 18.2 Å². The van der Waals surface area contributed by atoms with Crippen LogP contribution in [0.25, 0.3) is 5.65 Å². The first-order valence-electron chi connectivity index (χ1n) is 10.7. The molecule has 5 rings (SSSR count). The van der Waals surface area contributed by atoms with Crippen LogP contribution < -0.4 is 10.2 Å². The third kappa shape index (κ3) is 3.76. The fourth-order valence-corrected chi connectivity index (χ4v) is 3.98. The maximum absolute atomic E-state index is 13.3. The highest BCUT2D eigenvalue weighted by Crippen LogP contribution is 2.33. The fourth-order valence-electron chi connectivity index (χ4n) is 3.98. The summed E-state index contributed by atoms with van der Waals surface area (Å²) in [5.41, 5.74) is 2.04. The van der Waals surface area contributed by atoms with Gasteiger partial charge < -0.3 is 14.7 Å². The number of imidazole rings is 1. The molecule has 1 aliphatic heterocycles. The van der Waals surface area contributed by atoms with Crippen molar-refractivity contribution >= 4 is 23.1 Å². The highest BCUT2D eigenvalue weighted by molar-refractivity contribution is 6.04. The van der Waals surface area contributed by atoms with Gasteiger partial charge in [-0.05, 0) is 31.0 Å². The Bertz CT molecular complexity index is 1350. The number of amides is 1. The normalized spacial score (nSPS) is 15.0. The quantitative estimate of drug-likeness (QED) is 0.439. The Morgan fingerprint density at radius 2 is 2.15 bits per heavy atom. The largest absolute Gasteiger partial charge is 0.365 e. The van der Waals surface area contributed by atoms with Gasteiger partial charge in [0, 0.05) is 36.3 Å². The number of fused-ring (bicyclic) bond motifs is 2. The van der Waals surface area contributed by atoms with Crippen LogP contribution >= 0.6 is 0 Å². The van der Waals surface area contributed by atoms with E-state index in [1.165, 1.54) is 0 Å². The van der Waals surface area contributed by atoms with E-state index in [9.17, 15) is 18.0 Å². The number of halogens is 3. The average Bonchev–Trinajstić information content (AvgIpc) is 3.58. The number of anilines is 2. The summed E-state index contributed by atoms with van der Waals surface area (Å²) in [4.78, 5) is 23.4. The van der Waals surface area contributed by atoms with Gasteiger partial charge in [0.15, 0.2) is 17.2 Å². The first-order valence-corrected chi connectivity index (χ1v) is 10.7. The number of rotatable bonds is 7. The van der Waals surface area contributed by atoms with Gasteiger partial charge in [-0.1, -0.05) is 11.2 Å². The molecule has 1 aliphatic rings. The SMILES string of the molecule is CC(CF)(c1cc(NC(=O)c2ccc3c(c2)N(Cc2cnc4cnccn24)CC3)no1)C(F)F. The summed E-state index contributed by atoms with van der Waals surface area (Å²) in [6.07, 6.45) is 4.91. The molecule has 0 saturated carbocycles. The first kappa shape index (κ1) is 21.9. The number of carbonyl (C=O) groups excluding carboxylic acids is 1. The molecule has 0 radical (unpaired) electrons. The van der Waals surface area contributed by atoms with E-state index >= 15 is 0 Å². The van der Waals surface area contributed by atoms with Crippen LogP contribution in [0.4, 0.5) is 24.7 Å². The van der Waals surface area contributed by atoms with E-state index in [2.05, 4.69) is 25.3 Å². The molecule has 1 atom stereocenters. The maximum Gasteiger partial charge on any atom is 0.256 e. The summed E-state index contributed by atoms with van der Waals surface area (Å²) in [5, 5.41) is 6.15. The molecule has 4 aromatic rings. The van der Waals surface area contributed by atoms with E-state index in [4.69, 9.17) is 4.52 Å². The van der Waals surface area contributed by atoms with E-state index < -0.39 is 24.4 Å². The molecule has 4 heterocycles. The Morgan fingerprint density at radius 1 is 1.29 bits per heavy atom. The summed E-state index contributed by atoms with van der Waals surface area (Å²) >= 11 is 0. The lowest BCUT2D eigenvalue weighted by molar-refractivity contribution is 0.0281. The van der Waals surface area contributed by atoms with E-state index in [1.54, 1.807) is 30.7 Å². The van der Waals surface area contributed by atoms with Crippen molar-refractivity contribution in [1.29, 1.82) is 0 Å². The number of nitrogens with zero attached hydrogens (tertiary/aromatic N) is 5. The number of aromatic nitrogens is 4. The molecule has 34 heavy (non-hydrogen) atoms. The van der Waals surface area contributed by atoms with E-state index in [1.807, 2.05) is 16.7 Å². The molecule has 1 N–H and O–H groups in total. The van der Waals surface area contributed by atoms with Crippen LogP contribution in [0.3, 0.4) is 0 Å². The molecule has 1 unspecified atom stereocenters. The van der Waals surface area contributed by atoms with Crippen molar-refractivity contribution in [1.82, 2.24) is 19.5 Å². The molecule has 1 amide bonds. The fraction of sp³-hybridized carbons (Fsp3) is 0.304. The van der Waals surface area contributed by atoms with Crippen LogP contribution in [0.5, 0.6) is 0 Å². The Balaban J connectivity index is 1.34. The Labute approximate surface area is 192 Å². The molecule has 8 nitrogen and oxygen atoms in total. The topological polar surface area (TPSA) is 88.6 Å². The second kappa shape index (κ2) is 8.47. The monoisotopic (exact) mass is 470 g/mol. The number of benzene rings is 1. The van der Waals surface area contributed by atoms with Crippen molar-refractivity contribution < 1.29 is 22.5 Å². The first-order chi connectivity index (χ1) is 16.4. The van der Waals surface area contributed by atoms with Crippen LogP contribution in [-0.4, -0.2) is 45.1 Å². The van der Waals surface area contributed by atoms with Gasteiger partial charge in [0.25, 0.3) is 12.3 Å². The highest BCUT2D eigenvalue weighted by atomic mass is 19.3. The molecule has 11 heteroatoms. The standard InChI is InChI=1S/C23H21F3N6O2/c1-23(13-24,22(25)26)18-9-19(30-34-18)29-21(33)15-3-2-14-4-6-31(17(14)8-15)12-16-10-28-20-11-27-5-7-32(16)20/h2-3,5,7-11,22H,4,6,12-13H2,1H3,(H,29,30,33). The lowest BCUT2D eigenvalue weighted by Gasteiger charge is -2.21. The van der Waals surface area contributed by atoms with Gasteiger partial charge in [0.2, 0.25) is 0 Å². The minimum Gasteiger partial charge on any atom is -0.365 e. The number of hydrogen-bond donors (Lipinski definition) is 1. The minimum atomic E-state index is -2.99. The summed E-state index contributed by atoms with van der Waals surface area (Å²) < 4.78 is 46.6. The second-order valence-corrected chi connectivity index (χ2v) is 8.45. The smallest absolute Gasteiger partial charge is 0.256 e. The third-order valence-electron chi connectivity index (χ3n) is 6.16. The molecule has 0 spiro atoms.